The van der Waals surface area contributed by atoms with Crippen LogP contribution in [0.3, 0.4) is 0 Å². The highest BCUT2D eigenvalue weighted by atomic mass is 14.7. The molecule has 1 aromatic heterocycles. The zero-order chi connectivity index (χ0) is 13.4. The Bertz CT molecular complexity index is 348. The molecule has 0 fully saturated rings. The van der Waals surface area contributed by atoms with Gasteiger partial charge in [0.15, 0.2) is 0 Å². The molecule has 18 heavy (non-hydrogen) atoms. The van der Waals surface area contributed by atoms with Gasteiger partial charge in [0.25, 0.3) is 0 Å². The maximum Gasteiger partial charge on any atom is 0.0178 e. The molecule has 1 heterocycles. The van der Waals surface area contributed by atoms with Crippen molar-refractivity contribution in [2.45, 2.75) is 71.6 Å². The van der Waals surface area contributed by atoms with E-state index in [9.17, 15) is 0 Å². The zero-order valence-corrected chi connectivity index (χ0v) is 12.4. The van der Waals surface area contributed by atoms with E-state index in [0.29, 0.717) is 5.92 Å². The van der Waals surface area contributed by atoms with Gasteiger partial charge in [-0.2, -0.15) is 0 Å². The second kappa shape index (κ2) is 8.18. The van der Waals surface area contributed by atoms with Crippen LogP contribution in [-0.2, 0) is 6.42 Å². The normalized spacial score (nSPS) is 12.6. The van der Waals surface area contributed by atoms with Gasteiger partial charge in [0, 0.05) is 11.9 Å². The number of aryl methyl sites for hydroxylation is 1. The second-order valence-electron chi connectivity index (χ2n) is 5.46. The second-order valence-corrected chi connectivity index (χ2v) is 5.46. The lowest BCUT2D eigenvalue weighted by atomic mass is 9.97. The summed E-state index contributed by atoms with van der Waals surface area (Å²) in [6.07, 6.45) is 10.8. The van der Waals surface area contributed by atoms with E-state index in [2.05, 4.69) is 44.6 Å². The van der Waals surface area contributed by atoms with Crippen molar-refractivity contribution < 1.29 is 0 Å². The molecule has 0 amide bonds. The van der Waals surface area contributed by atoms with Crippen LogP contribution in [0.2, 0.25) is 0 Å². The molecule has 0 bridgehead atoms. The predicted octanol–water partition coefficient (Wildman–Crippen LogP) is 5.60. The highest BCUT2D eigenvalue weighted by molar-refractivity contribution is 5.19. The van der Waals surface area contributed by atoms with E-state index in [1.165, 1.54) is 55.4 Å². The number of hydrogen-bond acceptors (Lipinski definition) is 0. The quantitative estimate of drug-likeness (QED) is 0.432. The number of rotatable bonds is 9. The molecule has 1 nitrogen and oxygen atoms in total. The van der Waals surface area contributed by atoms with Crippen molar-refractivity contribution in [1.29, 1.82) is 0 Å². The van der Waals surface area contributed by atoms with Crippen molar-refractivity contribution in [3.63, 3.8) is 0 Å². The van der Waals surface area contributed by atoms with E-state index in [1.807, 2.05) is 0 Å². The molecule has 0 radical (unpaired) electrons. The van der Waals surface area contributed by atoms with Crippen LogP contribution in [0.4, 0.5) is 0 Å². The van der Waals surface area contributed by atoms with Gasteiger partial charge in [-0.05, 0) is 49.7 Å². The summed E-state index contributed by atoms with van der Waals surface area (Å²) in [5.41, 5.74) is 4.26. The molecule has 1 atom stereocenters. The van der Waals surface area contributed by atoms with E-state index in [1.54, 1.807) is 0 Å². The van der Waals surface area contributed by atoms with Gasteiger partial charge >= 0.3 is 0 Å². The van der Waals surface area contributed by atoms with Gasteiger partial charge < -0.3 is 4.98 Å². The number of allylic oxidation sites excluding steroid dienone is 1. The molecule has 0 saturated heterocycles. The smallest absolute Gasteiger partial charge is 0.0178 e. The number of hydrogen-bond donors (Lipinski definition) is 1. The third-order valence-corrected chi connectivity index (χ3v) is 3.73. The average Bonchev–Trinajstić information content (AvgIpc) is 2.83. The standard InChI is InChI=1S/C17H29N/c1-5-9-14(3)10-7-8-11-15(4)17-12-16(6-2)13-18-17/h12-13,15,18H,3,5-11H2,1-2,4H3/t15-/m0/s1. The maximum atomic E-state index is 4.13. The molecule has 0 unspecified atom stereocenters. The van der Waals surface area contributed by atoms with Crippen molar-refractivity contribution in [2.75, 3.05) is 0 Å². The molecule has 0 aliphatic heterocycles. The Morgan fingerprint density at radius 3 is 2.67 bits per heavy atom. The fraction of sp³-hybridized carbons (Fsp3) is 0.647. The SMILES string of the molecule is C=C(CCC)CCCC[C@H](C)c1cc(CC)c[nH]1. The number of H-pyrrole nitrogens is 1. The molecular weight excluding hydrogens is 218 g/mol. The molecule has 1 aromatic rings. The number of aromatic amines is 1. The minimum atomic E-state index is 0.657. The van der Waals surface area contributed by atoms with E-state index in [-0.39, 0.29) is 0 Å². The van der Waals surface area contributed by atoms with E-state index in [0.717, 1.165) is 6.42 Å². The monoisotopic (exact) mass is 247 g/mol. The molecule has 1 N–H and O–H groups in total. The first kappa shape index (κ1) is 15.1. The fourth-order valence-corrected chi connectivity index (χ4v) is 2.41. The van der Waals surface area contributed by atoms with E-state index >= 15 is 0 Å². The summed E-state index contributed by atoms with van der Waals surface area (Å²) in [7, 11) is 0. The van der Waals surface area contributed by atoms with Crippen LogP contribution in [0.5, 0.6) is 0 Å². The van der Waals surface area contributed by atoms with Crippen molar-refractivity contribution in [1.82, 2.24) is 4.98 Å². The van der Waals surface area contributed by atoms with Crippen LogP contribution in [0.15, 0.2) is 24.4 Å². The van der Waals surface area contributed by atoms with Gasteiger partial charge in [-0.3, -0.25) is 0 Å². The Labute approximate surface area is 113 Å². The molecule has 102 valence electrons. The Morgan fingerprint density at radius 1 is 1.28 bits per heavy atom. The molecule has 0 spiro atoms. The summed E-state index contributed by atoms with van der Waals surface area (Å²) in [5.74, 6) is 0.657. The summed E-state index contributed by atoms with van der Waals surface area (Å²) >= 11 is 0. The third kappa shape index (κ3) is 5.12. The van der Waals surface area contributed by atoms with E-state index in [4.69, 9.17) is 0 Å². The van der Waals surface area contributed by atoms with E-state index < -0.39 is 0 Å². The first-order valence-corrected chi connectivity index (χ1v) is 7.51. The van der Waals surface area contributed by atoms with Gasteiger partial charge in [0.1, 0.15) is 0 Å². The van der Waals surface area contributed by atoms with Crippen molar-refractivity contribution in [2.24, 2.45) is 0 Å². The van der Waals surface area contributed by atoms with Gasteiger partial charge in [-0.1, -0.05) is 45.8 Å². The number of nitrogens with one attached hydrogen (secondary N) is 1. The molecular formula is C17H29N. The van der Waals surface area contributed by atoms with Gasteiger partial charge in [-0.15, -0.1) is 0 Å². The molecule has 0 aliphatic rings. The first-order valence-electron chi connectivity index (χ1n) is 7.51. The number of unbranched alkanes of at least 4 members (excludes halogenated alkanes) is 1. The lowest BCUT2D eigenvalue weighted by Gasteiger charge is -2.10. The Kier molecular flexibility index (Phi) is 6.85. The van der Waals surface area contributed by atoms with Gasteiger partial charge in [-0.25, -0.2) is 0 Å². The molecule has 1 rings (SSSR count). The maximum absolute atomic E-state index is 4.13. The minimum Gasteiger partial charge on any atom is -0.364 e. The van der Waals surface area contributed by atoms with Crippen molar-refractivity contribution >= 4 is 0 Å². The summed E-state index contributed by atoms with van der Waals surface area (Å²) in [6, 6.07) is 2.32. The largest absolute Gasteiger partial charge is 0.364 e. The van der Waals surface area contributed by atoms with Crippen molar-refractivity contribution in [3.05, 3.63) is 35.7 Å². The van der Waals surface area contributed by atoms with Crippen LogP contribution in [-0.4, -0.2) is 4.98 Å². The van der Waals surface area contributed by atoms with Gasteiger partial charge in [0.2, 0.25) is 0 Å². The summed E-state index contributed by atoms with van der Waals surface area (Å²) in [5, 5.41) is 0. The summed E-state index contributed by atoms with van der Waals surface area (Å²) in [6.45, 7) is 10.9. The molecule has 0 saturated carbocycles. The Balaban J connectivity index is 2.20. The fourth-order valence-electron chi connectivity index (χ4n) is 2.41. The lowest BCUT2D eigenvalue weighted by Crippen LogP contribution is -1.94. The highest BCUT2D eigenvalue weighted by Gasteiger charge is 2.07. The van der Waals surface area contributed by atoms with Crippen molar-refractivity contribution in [3.8, 4) is 0 Å². The Morgan fingerprint density at radius 2 is 2.06 bits per heavy atom. The van der Waals surface area contributed by atoms with Crippen LogP contribution in [0, 0.1) is 0 Å². The van der Waals surface area contributed by atoms with Crippen LogP contribution < -0.4 is 0 Å². The minimum absolute atomic E-state index is 0.657. The van der Waals surface area contributed by atoms with Crippen LogP contribution in [0.25, 0.3) is 0 Å². The lowest BCUT2D eigenvalue weighted by molar-refractivity contribution is 0.590. The van der Waals surface area contributed by atoms with Crippen LogP contribution >= 0.6 is 0 Å². The van der Waals surface area contributed by atoms with Gasteiger partial charge in [0.05, 0.1) is 0 Å². The Hall–Kier alpha value is -0.980. The molecule has 0 aliphatic carbocycles. The zero-order valence-electron chi connectivity index (χ0n) is 12.4. The molecule has 1 heteroatoms. The van der Waals surface area contributed by atoms with Crippen LogP contribution in [0.1, 0.15) is 76.5 Å². The topological polar surface area (TPSA) is 15.8 Å². The summed E-state index contributed by atoms with van der Waals surface area (Å²) < 4.78 is 0. The number of aromatic nitrogens is 1. The predicted molar refractivity (Wildman–Crippen MR) is 81.1 cm³/mol. The first-order chi connectivity index (χ1) is 8.67. The third-order valence-electron chi connectivity index (χ3n) is 3.73. The molecule has 0 aromatic carbocycles. The highest BCUT2D eigenvalue weighted by Crippen LogP contribution is 2.22. The average molecular weight is 247 g/mol. The summed E-state index contributed by atoms with van der Waals surface area (Å²) in [4.78, 5) is 3.41.